The van der Waals surface area contributed by atoms with Gasteiger partial charge < -0.3 is 9.47 Å². The molecule has 0 aliphatic rings. The number of aromatic nitrogens is 5. The van der Waals surface area contributed by atoms with Gasteiger partial charge in [-0.3, -0.25) is 9.78 Å². The van der Waals surface area contributed by atoms with Crippen LogP contribution in [0.2, 0.25) is 5.02 Å². The quantitative estimate of drug-likeness (QED) is 0.194. The van der Waals surface area contributed by atoms with Crippen molar-refractivity contribution in [2.45, 2.75) is 39.0 Å². The summed E-state index contributed by atoms with van der Waals surface area (Å²) in [5, 5.41) is 8.97. The highest BCUT2D eigenvalue weighted by atomic mass is 35.5. The highest BCUT2D eigenvalue weighted by molar-refractivity contribution is 6.36. The van der Waals surface area contributed by atoms with E-state index in [1.807, 2.05) is 26.0 Å². The molecule has 0 N–H and O–H groups in total. The van der Waals surface area contributed by atoms with Crippen molar-refractivity contribution in [3.63, 3.8) is 0 Å². The number of carbonyl (C=O) groups excluding carboxylic acids is 1. The number of rotatable bonds is 7. The zero-order valence-electron chi connectivity index (χ0n) is 24.0. The molecule has 2 aromatic carbocycles. The van der Waals surface area contributed by atoms with E-state index in [9.17, 15) is 18.0 Å². The molecule has 1 atom stereocenters. The van der Waals surface area contributed by atoms with E-state index in [1.165, 1.54) is 37.0 Å². The number of hydrogen-bond acceptors (Lipinski definition) is 7. The number of methoxy groups -OCH3 is 1. The SMILES string of the molecule is COc1nc2ccc([C@](OC(C)=O)(c3ccc(C)nc3C)c3cnnn3C)cc2c(Cl)c1Cc1ccc(C(F)(F)F)cc1. The first-order valence-electron chi connectivity index (χ1n) is 13.2. The molecule has 5 aromatic rings. The van der Waals surface area contributed by atoms with Crippen LogP contribution < -0.4 is 4.74 Å². The van der Waals surface area contributed by atoms with Crippen molar-refractivity contribution in [3.05, 3.63) is 111 Å². The lowest BCUT2D eigenvalue weighted by Gasteiger charge is -2.35. The molecule has 0 bridgehead atoms. The van der Waals surface area contributed by atoms with Crippen molar-refractivity contribution in [1.29, 1.82) is 0 Å². The number of carbonyl (C=O) groups is 1. The number of fused-ring (bicyclic) bond motifs is 1. The minimum atomic E-state index is -4.45. The third-order valence-corrected chi connectivity index (χ3v) is 7.65. The van der Waals surface area contributed by atoms with E-state index in [4.69, 9.17) is 21.1 Å². The maximum absolute atomic E-state index is 13.1. The van der Waals surface area contributed by atoms with Crippen molar-refractivity contribution in [1.82, 2.24) is 25.0 Å². The predicted octanol–water partition coefficient (Wildman–Crippen LogP) is 6.50. The van der Waals surface area contributed by atoms with E-state index in [0.29, 0.717) is 49.6 Å². The molecule has 5 rings (SSSR count). The first-order chi connectivity index (χ1) is 20.3. The van der Waals surface area contributed by atoms with E-state index in [-0.39, 0.29) is 12.3 Å². The Bertz CT molecular complexity index is 1840. The second-order valence-corrected chi connectivity index (χ2v) is 10.5. The Labute approximate surface area is 250 Å². The van der Waals surface area contributed by atoms with Crippen molar-refractivity contribution in [2.24, 2.45) is 7.05 Å². The van der Waals surface area contributed by atoms with E-state index >= 15 is 0 Å². The number of aryl methyl sites for hydroxylation is 3. The van der Waals surface area contributed by atoms with E-state index in [2.05, 4.69) is 20.3 Å². The summed E-state index contributed by atoms with van der Waals surface area (Å²) in [5.74, 6) is -0.311. The van der Waals surface area contributed by atoms with Crippen LogP contribution in [0, 0.1) is 13.8 Å². The van der Waals surface area contributed by atoms with Crippen LogP contribution in [-0.2, 0) is 34.8 Å². The largest absolute Gasteiger partial charge is 0.481 e. The summed E-state index contributed by atoms with van der Waals surface area (Å²) in [6.45, 7) is 5.01. The Morgan fingerprint density at radius 3 is 2.28 bits per heavy atom. The zero-order valence-corrected chi connectivity index (χ0v) is 24.7. The lowest BCUT2D eigenvalue weighted by Crippen LogP contribution is -2.37. The van der Waals surface area contributed by atoms with Gasteiger partial charge in [-0.05, 0) is 49.7 Å². The third-order valence-electron chi connectivity index (χ3n) is 7.22. The molecule has 12 heteroatoms. The number of esters is 1. The van der Waals surface area contributed by atoms with Crippen LogP contribution >= 0.6 is 11.6 Å². The Hall–Kier alpha value is -4.51. The summed E-state index contributed by atoms with van der Waals surface area (Å²) in [5.41, 5.74) is 2.33. The molecule has 0 radical (unpaired) electrons. The van der Waals surface area contributed by atoms with E-state index < -0.39 is 23.3 Å². The van der Waals surface area contributed by atoms with Gasteiger partial charge in [0.1, 0.15) is 5.69 Å². The fourth-order valence-corrected chi connectivity index (χ4v) is 5.59. The smallest absolute Gasteiger partial charge is 0.416 e. The molecule has 0 amide bonds. The van der Waals surface area contributed by atoms with Crippen LogP contribution in [0.1, 0.15) is 51.8 Å². The van der Waals surface area contributed by atoms with Gasteiger partial charge in [-0.1, -0.05) is 41.1 Å². The molecule has 3 aromatic heterocycles. The maximum atomic E-state index is 13.1. The van der Waals surface area contributed by atoms with Crippen molar-refractivity contribution < 1.29 is 27.4 Å². The van der Waals surface area contributed by atoms with Gasteiger partial charge in [-0.15, -0.1) is 5.10 Å². The molecular formula is C31H27ClF3N5O3. The van der Waals surface area contributed by atoms with Gasteiger partial charge in [-0.2, -0.15) is 13.2 Å². The molecule has 43 heavy (non-hydrogen) atoms. The topological polar surface area (TPSA) is 92.0 Å². The average Bonchev–Trinajstić information content (AvgIpc) is 3.39. The molecule has 0 aliphatic carbocycles. The van der Waals surface area contributed by atoms with Crippen LogP contribution in [0.3, 0.4) is 0 Å². The molecule has 0 aliphatic heterocycles. The van der Waals surface area contributed by atoms with E-state index in [1.54, 1.807) is 25.2 Å². The first kappa shape index (κ1) is 30.0. The van der Waals surface area contributed by atoms with Crippen molar-refractivity contribution in [2.75, 3.05) is 7.11 Å². The predicted molar refractivity (Wildman–Crippen MR) is 154 cm³/mol. The van der Waals surface area contributed by atoms with Crippen LogP contribution in [0.5, 0.6) is 5.88 Å². The van der Waals surface area contributed by atoms with Gasteiger partial charge in [0.2, 0.25) is 11.5 Å². The minimum Gasteiger partial charge on any atom is -0.481 e. The second-order valence-electron chi connectivity index (χ2n) is 10.1. The summed E-state index contributed by atoms with van der Waals surface area (Å²) < 4.78 is 52.6. The Balaban J connectivity index is 1.74. The minimum absolute atomic E-state index is 0.162. The van der Waals surface area contributed by atoms with Gasteiger partial charge in [0.15, 0.2) is 0 Å². The lowest BCUT2D eigenvalue weighted by atomic mass is 9.81. The maximum Gasteiger partial charge on any atom is 0.416 e. The molecule has 0 fully saturated rings. The van der Waals surface area contributed by atoms with Crippen LogP contribution in [0.4, 0.5) is 13.2 Å². The average molecular weight is 610 g/mol. The van der Waals surface area contributed by atoms with Crippen molar-refractivity contribution in [3.8, 4) is 5.88 Å². The number of nitrogens with zero attached hydrogens (tertiary/aromatic N) is 5. The number of alkyl halides is 3. The summed E-state index contributed by atoms with van der Waals surface area (Å²) in [4.78, 5) is 22.0. The summed E-state index contributed by atoms with van der Waals surface area (Å²) >= 11 is 7.01. The number of pyridine rings is 2. The number of ether oxygens (including phenoxy) is 2. The number of hydrogen-bond donors (Lipinski definition) is 0. The lowest BCUT2D eigenvalue weighted by molar-refractivity contribution is -0.151. The van der Waals surface area contributed by atoms with Crippen LogP contribution in [-0.4, -0.2) is 38.0 Å². The Kier molecular flexibility index (Phi) is 7.87. The third kappa shape index (κ3) is 5.52. The normalized spacial score (nSPS) is 13.1. The molecule has 222 valence electrons. The second kappa shape index (κ2) is 11.3. The summed E-state index contributed by atoms with van der Waals surface area (Å²) in [6, 6.07) is 13.8. The monoisotopic (exact) mass is 609 g/mol. The van der Waals surface area contributed by atoms with Crippen LogP contribution in [0.25, 0.3) is 10.9 Å². The van der Waals surface area contributed by atoms with Gasteiger partial charge in [0, 0.05) is 53.9 Å². The highest BCUT2D eigenvalue weighted by Gasteiger charge is 2.45. The molecule has 0 unspecified atom stereocenters. The molecule has 0 saturated heterocycles. The molecule has 0 spiro atoms. The number of benzene rings is 2. The van der Waals surface area contributed by atoms with Gasteiger partial charge in [-0.25, -0.2) is 9.67 Å². The first-order valence-corrected chi connectivity index (χ1v) is 13.5. The molecular weight excluding hydrogens is 583 g/mol. The van der Waals surface area contributed by atoms with Gasteiger partial charge in [0.25, 0.3) is 0 Å². The fraction of sp³-hybridized carbons (Fsp3) is 0.258. The van der Waals surface area contributed by atoms with Gasteiger partial charge >= 0.3 is 12.1 Å². The van der Waals surface area contributed by atoms with Gasteiger partial charge in [0.05, 0.1) is 29.4 Å². The number of halogens is 4. The highest BCUT2D eigenvalue weighted by Crippen LogP contribution is 2.44. The Morgan fingerprint density at radius 1 is 1.00 bits per heavy atom. The summed E-state index contributed by atoms with van der Waals surface area (Å²) in [6.07, 6.45) is -2.76. The fourth-order valence-electron chi connectivity index (χ4n) is 5.29. The molecule has 3 heterocycles. The Morgan fingerprint density at radius 2 is 1.70 bits per heavy atom. The van der Waals surface area contributed by atoms with Crippen LogP contribution in [0.15, 0.2) is 60.8 Å². The summed E-state index contributed by atoms with van der Waals surface area (Å²) in [7, 11) is 3.14. The zero-order chi connectivity index (χ0) is 31.1. The molecule has 0 saturated carbocycles. The van der Waals surface area contributed by atoms with Crippen molar-refractivity contribution >= 4 is 28.5 Å². The van der Waals surface area contributed by atoms with E-state index in [0.717, 1.165) is 17.8 Å². The standard InChI is InChI=1S/C31H27ClF3N5O3/c1-17-6-12-25(18(2)37-17)30(43-19(3)41,27-16-36-39-40(27)4)22-11-13-26-23(15-22)28(32)24(29(38-26)42-5)14-20-7-9-21(10-8-20)31(33,34)35/h6-13,15-16H,14H2,1-5H3/t30-/m0/s1. The molecule has 8 nitrogen and oxygen atoms in total.